The third-order valence-electron chi connectivity index (χ3n) is 5.92. The fourth-order valence-electron chi connectivity index (χ4n) is 4.29. The molecule has 0 N–H and O–H groups in total. The van der Waals surface area contributed by atoms with Crippen LogP contribution in [-0.2, 0) is 0 Å². The lowest BCUT2D eigenvalue weighted by molar-refractivity contribution is 0.0727. The van der Waals surface area contributed by atoms with E-state index < -0.39 is 0 Å². The number of hydrogen-bond donors (Lipinski definition) is 0. The number of methoxy groups -OCH3 is 2. The highest BCUT2D eigenvalue weighted by molar-refractivity contribution is 6.32. The zero-order chi connectivity index (χ0) is 24.5. The van der Waals surface area contributed by atoms with Crippen LogP contribution in [0.4, 0.5) is 0 Å². The van der Waals surface area contributed by atoms with Gasteiger partial charge in [-0.2, -0.15) is 20.0 Å². The predicted octanol–water partition coefficient (Wildman–Crippen LogP) is 4.27. The standard InChI is InChI=1S/C24H23ClN6O4/c1-14-9-15(11-16(10-14)33-2)23-28-22(29-35-23)19-5-4-8-30(19)24(32)17-12-21(34-3)18(25)13-20(17)31-26-6-7-27-31/h6-7,9-13,19H,4-5,8H2,1-3H3. The number of aryl methyl sites for hydroxylation is 1. The smallest absolute Gasteiger partial charge is 0.258 e. The predicted molar refractivity (Wildman–Crippen MR) is 127 cm³/mol. The average Bonchev–Trinajstić information content (AvgIpc) is 3.64. The molecule has 0 radical (unpaired) electrons. The van der Waals surface area contributed by atoms with Crippen LogP contribution in [-0.4, -0.2) is 56.7 Å². The molecule has 5 rings (SSSR count). The van der Waals surface area contributed by atoms with E-state index in [2.05, 4.69) is 20.3 Å². The summed E-state index contributed by atoms with van der Waals surface area (Å²) in [5, 5.41) is 12.9. The maximum Gasteiger partial charge on any atom is 0.258 e. The molecule has 1 aliphatic rings. The second-order valence-corrected chi connectivity index (χ2v) is 8.58. The van der Waals surface area contributed by atoms with Crippen molar-refractivity contribution in [2.45, 2.75) is 25.8 Å². The Balaban J connectivity index is 1.49. The first-order chi connectivity index (χ1) is 17.0. The van der Waals surface area contributed by atoms with Gasteiger partial charge < -0.3 is 18.9 Å². The molecule has 0 aliphatic carbocycles. The van der Waals surface area contributed by atoms with Gasteiger partial charge in [0, 0.05) is 12.1 Å². The molecule has 11 heteroatoms. The van der Waals surface area contributed by atoms with Gasteiger partial charge in [0.25, 0.3) is 11.8 Å². The van der Waals surface area contributed by atoms with Crippen molar-refractivity contribution in [2.75, 3.05) is 20.8 Å². The van der Waals surface area contributed by atoms with Gasteiger partial charge in [0.1, 0.15) is 17.2 Å². The molecule has 1 fully saturated rings. The lowest BCUT2D eigenvalue weighted by Gasteiger charge is -2.23. The molecule has 1 saturated heterocycles. The lowest BCUT2D eigenvalue weighted by Crippen LogP contribution is -2.32. The Morgan fingerprint density at radius 2 is 1.91 bits per heavy atom. The van der Waals surface area contributed by atoms with E-state index >= 15 is 0 Å². The number of benzene rings is 2. The van der Waals surface area contributed by atoms with Gasteiger partial charge in [0.05, 0.1) is 43.2 Å². The van der Waals surface area contributed by atoms with Gasteiger partial charge >= 0.3 is 0 Å². The Morgan fingerprint density at radius 3 is 2.66 bits per heavy atom. The number of carbonyl (C=O) groups excluding carboxylic acids is 1. The summed E-state index contributed by atoms with van der Waals surface area (Å²) in [5.41, 5.74) is 2.58. The summed E-state index contributed by atoms with van der Waals surface area (Å²) in [7, 11) is 3.11. The number of hydrogen-bond acceptors (Lipinski definition) is 8. The second-order valence-electron chi connectivity index (χ2n) is 8.18. The van der Waals surface area contributed by atoms with Crippen LogP contribution in [0.5, 0.6) is 11.5 Å². The zero-order valence-corrected chi connectivity index (χ0v) is 20.2. The van der Waals surface area contributed by atoms with E-state index in [0.717, 1.165) is 17.5 Å². The molecule has 0 saturated carbocycles. The molecule has 2 aromatic carbocycles. The molecule has 4 aromatic rings. The van der Waals surface area contributed by atoms with Crippen molar-refractivity contribution in [3.05, 3.63) is 64.7 Å². The summed E-state index contributed by atoms with van der Waals surface area (Å²) in [4.78, 5) is 21.5. The highest BCUT2D eigenvalue weighted by atomic mass is 35.5. The Bertz CT molecular complexity index is 1370. The summed E-state index contributed by atoms with van der Waals surface area (Å²) in [6, 6.07) is 8.60. The number of halogens is 1. The zero-order valence-electron chi connectivity index (χ0n) is 19.4. The van der Waals surface area contributed by atoms with E-state index in [1.807, 2.05) is 25.1 Å². The van der Waals surface area contributed by atoms with Crippen molar-refractivity contribution in [3.8, 4) is 28.6 Å². The lowest BCUT2D eigenvalue weighted by atomic mass is 10.1. The SMILES string of the molecule is COc1cc(C)cc(-c2nc(C3CCCN3C(=O)c3cc(OC)c(Cl)cc3-n3nccn3)no2)c1. The normalized spacial score (nSPS) is 15.4. The number of aromatic nitrogens is 5. The Morgan fingerprint density at radius 1 is 1.11 bits per heavy atom. The first-order valence-electron chi connectivity index (χ1n) is 11.0. The van der Waals surface area contributed by atoms with Crippen molar-refractivity contribution in [2.24, 2.45) is 0 Å². The minimum atomic E-state index is -0.341. The summed E-state index contributed by atoms with van der Waals surface area (Å²) >= 11 is 6.34. The number of ether oxygens (including phenoxy) is 2. The number of nitrogens with zero attached hydrogens (tertiary/aromatic N) is 6. The second kappa shape index (κ2) is 9.38. The molecule has 2 aromatic heterocycles. The van der Waals surface area contributed by atoms with E-state index in [0.29, 0.717) is 52.5 Å². The van der Waals surface area contributed by atoms with E-state index in [1.165, 1.54) is 24.3 Å². The number of amides is 1. The third kappa shape index (κ3) is 4.32. The van der Waals surface area contributed by atoms with Crippen LogP contribution < -0.4 is 9.47 Å². The molecule has 0 bridgehead atoms. The van der Waals surface area contributed by atoms with Crippen molar-refractivity contribution < 1.29 is 18.8 Å². The van der Waals surface area contributed by atoms with Gasteiger partial charge in [-0.15, -0.1) is 0 Å². The molecule has 1 unspecified atom stereocenters. The molecular formula is C24H23ClN6O4. The van der Waals surface area contributed by atoms with Gasteiger partial charge in [-0.05, 0) is 55.7 Å². The summed E-state index contributed by atoms with van der Waals surface area (Å²) in [6.45, 7) is 2.51. The maximum atomic E-state index is 13.8. The molecule has 1 atom stereocenters. The van der Waals surface area contributed by atoms with Gasteiger partial charge in [0.15, 0.2) is 5.82 Å². The van der Waals surface area contributed by atoms with Crippen LogP contribution in [0.3, 0.4) is 0 Å². The summed E-state index contributed by atoms with van der Waals surface area (Å²) in [5.74, 6) is 1.69. The molecular weight excluding hydrogens is 472 g/mol. The van der Waals surface area contributed by atoms with E-state index in [-0.39, 0.29) is 11.9 Å². The van der Waals surface area contributed by atoms with Crippen molar-refractivity contribution in [1.82, 2.24) is 30.0 Å². The third-order valence-corrected chi connectivity index (χ3v) is 6.22. The fraction of sp³-hybridized carbons (Fsp3) is 0.292. The van der Waals surface area contributed by atoms with Gasteiger partial charge in [0.2, 0.25) is 0 Å². The topological polar surface area (TPSA) is 108 Å². The van der Waals surface area contributed by atoms with E-state index in [9.17, 15) is 4.79 Å². The molecule has 10 nitrogen and oxygen atoms in total. The van der Waals surface area contributed by atoms with Gasteiger partial charge in [-0.1, -0.05) is 16.8 Å². The summed E-state index contributed by atoms with van der Waals surface area (Å²) in [6.07, 6.45) is 4.58. The Labute approximate surface area is 206 Å². The molecule has 0 spiro atoms. The van der Waals surface area contributed by atoms with Crippen LogP contribution in [0, 0.1) is 6.92 Å². The monoisotopic (exact) mass is 494 g/mol. The van der Waals surface area contributed by atoms with Crippen LogP contribution in [0.2, 0.25) is 5.02 Å². The van der Waals surface area contributed by atoms with Crippen molar-refractivity contribution >= 4 is 17.5 Å². The van der Waals surface area contributed by atoms with E-state index in [1.54, 1.807) is 24.1 Å². The van der Waals surface area contributed by atoms with Gasteiger partial charge in [-0.3, -0.25) is 4.79 Å². The fourth-order valence-corrected chi connectivity index (χ4v) is 4.52. The maximum absolute atomic E-state index is 13.8. The Hall–Kier alpha value is -3.92. The van der Waals surface area contributed by atoms with Crippen molar-refractivity contribution in [3.63, 3.8) is 0 Å². The highest BCUT2D eigenvalue weighted by Gasteiger charge is 2.35. The van der Waals surface area contributed by atoms with Crippen molar-refractivity contribution in [1.29, 1.82) is 0 Å². The quantitative estimate of drug-likeness (QED) is 0.391. The molecule has 180 valence electrons. The Kier molecular flexibility index (Phi) is 6.12. The first-order valence-corrected chi connectivity index (χ1v) is 11.4. The molecule has 1 amide bonds. The number of rotatable bonds is 6. The number of likely N-dealkylation sites (tertiary alicyclic amines) is 1. The van der Waals surface area contributed by atoms with E-state index in [4.69, 9.17) is 25.6 Å². The molecule has 1 aliphatic heterocycles. The largest absolute Gasteiger partial charge is 0.497 e. The van der Waals surface area contributed by atoms with Crippen LogP contribution >= 0.6 is 11.6 Å². The van der Waals surface area contributed by atoms with Crippen LogP contribution in [0.25, 0.3) is 17.1 Å². The first kappa shape index (κ1) is 22.9. The highest BCUT2D eigenvalue weighted by Crippen LogP contribution is 2.36. The van der Waals surface area contributed by atoms with Crippen LogP contribution in [0.15, 0.2) is 47.2 Å². The average molecular weight is 495 g/mol. The molecule has 35 heavy (non-hydrogen) atoms. The van der Waals surface area contributed by atoms with Crippen LogP contribution in [0.1, 0.15) is 40.6 Å². The van der Waals surface area contributed by atoms with Gasteiger partial charge in [-0.25, -0.2) is 0 Å². The minimum absolute atomic E-state index is 0.224. The number of carbonyl (C=O) groups is 1. The minimum Gasteiger partial charge on any atom is -0.497 e. The summed E-state index contributed by atoms with van der Waals surface area (Å²) < 4.78 is 16.3. The molecule has 3 heterocycles.